The normalized spacial score (nSPS) is 19.4. The van der Waals surface area contributed by atoms with E-state index in [9.17, 15) is 9.59 Å². The fourth-order valence-electron chi connectivity index (χ4n) is 2.33. The molecule has 0 aromatic rings. The fourth-order valence-corrected chi connectivity index (χ4v) is 2.33. The Hall–Kier alpha value is -1.06. The minimum Gasteiger partial charge on any atom is -0.481 e. The van der Waals surface area contributed by atoms with Crippen molar-refractivity contribution < 1.29 is 14.7 Å². The van der Waals surface area contributed by atoms with Gasteiger partial charge in [0.05, 0.1) is 0 Å². The molecule has 17 heavy (non-hydrogen) atoms. The summed E-state index contributed by atoms with van der Waals surface area (Å²) in [6.07, 6.45) is 6.84. The summed E-state index contributed by atoms with van der Waals surface area (Å²) in [5.41, 5.74) is 0. The molecule has 0 unspecified atom stereocenters. The van der Waals surface area contributed by atoms with Gasteiger partial charge in [-0.1, -0.05) is 32.6 Å². The van der Waals surface area contributed by atoms with Crippen LogP contribution in [0.15, 0.2) is 0 Å². The number of amides is 1. The maximum Gasteiger partial charge on any atom is 0.303 e. The van der Waals surface area contributed by atoms with E-state index in [1.54, 1.807) is 0 Å². The SMILES string of the molecule is C[C@H](CNC(=O)C1CCCCCC1)CC(=O)O. The molecule has 4 heteroatoms. The van der Waals surface area contributed by atoms with Gasteiger partial charge in [-0.25, -0.2) is 0 Å². The number of nitrogens with one attached hydrogen (secondary N) is 1. The van der Waals surface area contributed by atoms with E-state index in [0.717, 1.165) is 25.7 Å². The third-order valence-corrected chi connectivity index (χ3v) is 3.37. The highest BCUT2D eigenvalue weighted by atomic mass is 16.4. The molecule has 1 amide bonds. The molecule has 0 saturated heterocycles. The van der Waals surface area contributed by atoms with E-state index in [2.05, 4.69) is 5.32 Å². The summed E-state index contributed by atoms with van der Waals surface area (Å²) in [4.78, 5) is 22.4. The lowest BCUT2D eigenvalue weighted by Gasteiger charge is -2.16. The number of carboxylic acids is 1. The zero-order valence-electron chi connectivity index (χ0n) is 10.6. The van der Waals surface area contributed by atoms with Gasteiger partial charge in [-0.2, -0.15) is 0 Å². The van der Waals surface area contributed by atoms with Gasteiger partial charge in [0.25, 0.3) is 0 Å². The van der Waals surface area contributed by atoms with Gasteiger partial charge in [-0.15, -0.1) is 0 Å². The van der Waals surface area contributed by atoms with Crippen LogP contribution in [-0.2, 0) is 9.59 Å². The van der Waals surface area contributed by atoms with Gasteiger partial charge in [0, 0.05) is 18.9 Å². The third-order valence-electron chi connectivity index (χ3n) is 3.37. The molecule has 0 heterocycles. The third kappa shape index (κ3) is 5.71. The summed E-state index contributed by atoms with van der Waals surface area (Å²) in [7, 11) is 0. The number of carboxylic acid groups (broad SMARTS) is 1. The molecule has 1 fully saturated rings. The summed E-state index contributed by atoms with van der Waals surface area (Å²) in [6, 6.07) is 0. The molecular formula is C13H23NO3. The number of carbonyl (C=O) groups excluding carboxylic acids is 1. The number of aliphatic carboxylic acids is 1. The van der Waals surface area contributed by atoms with Gasteiger partial charge in [0.15, 0.2) is 0 Å². The lowest BCUT2D eigenvalue weighted by atomic mass is 9.99. The van der Waals surface area contributed by atoms with Gasteiger partial charge in [-0.05, 0) is 18.8 Å². The van der Waals surface area contributed by atoms with Crippen molar-refractivity contribution in [3.05, 3.63) is 0 Å². The van der Waals surface area contributed by atoms with Gasteiger partial charge in [0.1, 0.15) is 0 Å². The molecule has 1 aliphatic carbocycles. The first-order valence-corrected chi connectivity index (χ1v) is 6.59. The highest BCUT2D eigenvalue weighted by Crippen LogP contribution is 2.22. The Morgan fingerprint density at radius 2 is 1.82 bits per heavy atom. The van der Waals surface area contributed by atoms with Crippen molar-refractivity contribution in [2.45, 2.75) is 51.9 Å². The van der Waals surface area contributed by atoms with E-state index >= 15 is 0 Å². The van der Waals surface area contributed by atoms with E-state index in [0.29, 0.717) is 6.54 Å². The van der Waals surface area contributed by atoms with Crippen LogP contribution in [0.25, 0.3) is 0 Å². The molecule has 4 nitrogen and oxygen atoms in total. The van der Waals surface area contributed by atoms with Gasteiger partial charge in [0.2, 0.25) is 5.91 Å². The Morgan fingerprint density at radius 3 is 2.35 bits per heavy atom. The van der Waals surface area contributed by atoms with Crippen LogP contribution in [0.5, 0.6) is 0 Å². The van der Waals surface area contributed by atoms with Gasteiger partial charge in [-0.3, -0.25) is 9.59 Å². The van der Waals surface area contributed by atoms with Crippen molar-refractivity contribution in [1.82, 2.24) is 5.32 Å². The molecule has 0 radical (unpaired) electrons. The lowest BCUT2D eigenvalue weighted by Crippen LogP contribution is -2.34. The summed E-state index contributed by atoms with van der Waals surface area (Å²) in [5, 5.41) is 11.5. The zero-order chi connectivity index (χ0) is 12.7. The second kappa shape index (κ2) is 7.30. The van der Waals surface area contributed by atoms with Crippen molar-refractivity contribution >= 4 is 11.9 Å². The molecule has 0 aromatic heterocycles. The number of hydrogen-bond acceptors (Lipinski definition) is 2. The fraction of sp³-hybridized carbons (Fsp3) is 0.846. The highest BCUT2D eigenvalue weighted by Gasteiger charge is 2.20. The molecule has 2 N–H and O–H groups in total. The maximum absolute atomic E-state index is 11.9. The number of hydrogen-bond donors (Lipinski definition) is 2. The van der Waals surface area contributed by atoms with Crippen LogP contribution in [0.4, 0.5) is 0 Å². The maximum atomic E-state index is 11.9. The highest BCUT2D eigenvalue weighted by molar-refractivity contribution is 5.78. The van der Waals surface area contributed by atoms with E-state index in [1.807, 2.05) is 6.92 Å². The van der Waals surface area contributed by atoms with Crippen molar-refractivity contribution in [2.75, 3.05) is 6.54 Å². The zero-order valence-corrected chi connectivity index (χ0v) is 10.6. The van der Waals surface area contributed by atoms with E-state index in [4.69, 9.17) is 5.11 Å². The quantitative estimate of drug-likeness (QED) is 0.725. The molecule has 1 atom stereocenters. The van der Waals surface area contributed by atoms with Crippen LogP contribution in [0.1, 0.15) is 51.9 Å². The average Bonchev–Trinajstić information content (AvgIpc) is 2.53. The molecule has 1 aliphatic rings. The molecule has 1 rings (SSSR count). The number of rotatable bonds is 5. The Labute approximate surface area is 103 Å². The first-order chi connectivity index (χ1) is 8.09. The number of carbonyl (C=O) groups is 2. The first kappa shape index (κ1) is 14.0. The van der Waals surface area contributed by atoms with E-state index in [-0.39, 0.29) is 24.2 Å². The van der Waals surface area contributed by atoms with Crippen LogP contribution < -0.4 is 5.32 Å². The largest absolute Gasteiger partial charge is 0.481 e. The second-order valence-corrected chi connectivity index (χ2v) is 5.14. The lowest BCUT2D eigenvalue weighted by molar-refractivity contribution is -0.138. The van der Waals surface area contributed by atoms with Crippen LogP contribution in [0.2, 0.25) is 0 Å². The van der Waals surface area contributed by atoms with E-state index < -0.39 is 5.97 Å². The van der Waals surface area contributed by atoms with Crippen LogP contribution in [-0.4, -0.2) is 23.5 Å². The van der Waals surface area contributed by atoms with Crippen LogP contribution in [0, 0.1) is 11.8 Å². The molecule has 0 aromatic carbocycles. The standard InChI is InChI=1S/C13H23NO3/c1-10(8-12(15)16)9-14-13(17)11-6-4-2-3-5-7-11/h10-11H,2-9H2,1H3,(H,14,17)(H,15,16)/t10-/m0/s1. The summed E-state index contributed by atoms with van der Waals surface area (Å²) in [5.74, 6) is -0.540. The smallest absolute Gasteiger partial charge is 0.303 e. The Bertz CT molecular complexity index is 257. The summed E-state index contributed by atoms with van der Waals surface area (Å²) >= 11 is 0. The van der Waals surface area contributed by atoms with Gasteiger partial charge >= 0.3 is 5.97 Å². The predicted octanol–water partition coefficient (Wildman–Crippen LogP) is 2.18. The Kier molecular flexibility index (Phi) is 6.01. The molecule has 0 spiro atoms. The predicted molar refractivity (Wildman–Crippen MR) is 65.6 cm³/mol. The van der Waals surface area contributed by atoms with Crippen LogP contribution >= 0.6 is 0 Å². The average molecular weight is 241 g/mol. The summed E-state index contributed by atoms with van der Waals surface area (Å²) < 4.78 is 0. The molecule has 1 saturated carbocycles. The Balaban J connectivity index is 2.25. The first-order valence-electron chi connectivity index (χ1n) is 6.59. The van der Waals surface area contributed by atoms with Crippen molar-refractivity contribution in [1.29, 1.82) is 0 Å². The van der Waals surface area contributed by atoms with Crippen molar-refractivity contribution in [3.63, 3.8) is 0 Å². The van der Waals surface area contributed by atoms with E-state index in [1.165, 1.54) is 12.8 Å². The molecule has 0 bridgehead atoms. The second-order valence-electron chi connectivity index (χ2n) is 5.14. The summed E-state index contributed by atoms with van der Waals surface area (Å²) in [6.45, 7) is 2.32. The van der Waals surface area contributed by atoms with Gasteiger partial charge < -0.3 is 10.4 Å². The minimum atomic E-state index is -0.804. The molecule has 0 aliphatic heterocycles. The minimum absolute atomic E-state index is 0.00206. The van der Waals surface area contributed by atoms with Crippen molar-refractivity contribution in [2.24, 2.45) is 11.8 Å². The monoisotopic (exact) mass is 241 g/mol. The molecule has 98 valence electrons. The Morgan fingerprint density at radius 1 is 1.24 bits per heavy atom. The van der Waals surface area contributed by atoms with Crippen molar-refractivity contribution in [3.8, 4) is 0 Å². The van der Waals surface area contributed by atoms with Crippen LogP contribution in [0.3, 0.4) is 0 Å². The topological polar surface area (TPSA) is 66.4 Å². The molecular weight excluding hydrogens is 218 g/mol.